The molecule has 0 saturated heterocycles. The van der Waals surface area contributed by atoms with Crippen molar-refractivity contribution < 1.29 is 0 Å². The largest absolute Gasteiger partial charge is 0.388 e. The van der Waals surface area contributed by atoms with Crippen LogP contribution in [-0.2, 0) is 6.42 Å². The summed E-state index contributed by atoms with van der Waals surface area (Å²) in [5.74, 6) is 0.782. The monoisotopic (exact) mass is 258 g/mol. The van der Waals surface area contributed by atoms with Crippen LogP contribution in [0.1, 0.15) is 11.3 Å². The second-order valence-electron chi connectivity index (χ2n) is 3.81. The molecule has 0 bridgehead atoms. The number of anilines is 1. The Bertz CT molecular complexity index is 528. The number of thiocarbonyl (C=S) groups is 1. The molecule has 0 saturated carbocycles. The van der Waals surface area contributed by atoms with Crippen LogP contribution >= 0.6 is 12.2 Å². The maximum atomic E-state index is 5.54. The fourth-order valence-electron chi connectivity index (χ4n) is 1.55. The summed E-state index contributed by atoms with van der Waals surface area (Å²) in [6.07, 6.45) is 4.53. The fraction of sp³-hybridized carbons (Fsp3) is 0.154. The summed E-state index contributed by atoms with van der Waals surface area (Å²) in [6.45, 7) is 0.791. The van der Waals surface area contributed by atoms with Gasteiger partial charge in [0.1, 0.15) is 10.8 Å². The molecule has 0 amide bonds. The summed E-state index contributed by atoms with van der Waals surface area (Å²) < 4.78 is 0. The van der Waals surface area contributed by atoms with Crippen LogP contribution in [0.4, 0.5) is 5.82 Å². The van der Waals surface area contributed by atoms with Crippen LogP contribution in [0, 0.1) is 0 Å². The normalized spacial score (nSPS) is 10.0. The fourth-order valence-corrected chi connectivity index (χ4v) is 1.66. The van der Waals surface area contributed by atoms with E-state index >= 15 is 0 Å². The van der Waals surface area contributed by atoms with Gasteiger partial charge in [0.2, 0.25) is 0 Å². The molecule has 0 aliphatic heterocycles. The molecule has 0 fully saturated rings. The highest BCUT2D eigenvalue weighted by molar-refractivity contribution is 7.80. The van der Waals surface area contributed by atoms with Crippen molar-refractivity contribution in [2.75, 3.05) is 11.9 Å². The summed E-state index contributed by atoms with van der Waals surface area (Å²) in [6, 6.07) is 9.56. The summed E-state index contributed by atoms with van der Waals surface area (Å²) in [7, 11) is 0. The zero-order chi connectivity index (χ0) is 12.8. The zero-order valence-corrected chi connectivity index (χ0v) is 10.7. The Hall–Kier alpha value is -2.01. The molecule has 0 aliphatic rings. The first-order chi connectivity index (χ1) is 8.75. The van der Waals surface area contributed by atoms with E-state index in [-0.39, 0.29) is 0 Å². The van der Waals surface area contributed by atoms with E-state index in [0.717, 1.165) is 18.8 Å². The quantitative estimate of drug-likeness (QED) is 0.800. The molecule has 3 N–H and O–H groups in total. The predicted octanol–water partition coefficient (Wildman–Crippen LogP) is 1.77. The Morgan fingerprint density at radius 1 is 1.28 bits per heavy atom. The highest BCUT2D eigenvalue weighted by Gasteiger charge is 1.99. The van der Waals surface area contributed by atoms with Gasteiger partial charge in [-0.25, -0.2) is 4.98 Å². The van der Waals surface area contributed by atoms with Gasteiger partial charge in [0, 0.05) is 18.9 Å². The molecule has 2 aromatic heterocycles. The van der Waals surface area contributed by atoms with E-state index in [1.54, 1.807) is 12.3 Å². The van der Waals surface area contributed by atoms with E-state index < -0.39 is 0 Å². The van der Waals surface area contributed by atoms with Crippen molar-refractivity contribution in [2.24, 2.45) is 5.73 Å². The van der Waals surface area contributed by atoms with E-state index in [0.29, 0.717) is 10.7 Å². The molecule has 18 heavy (non-hydrogen) atoms. The number of nitrogens with zero attached hydrogens (tertiary/aromatic N) is 2. The van der Waals surface area contributed by atoms with E-state index in [2.05, 4.69) is 15.3 Å². The summed E-state index contributed by atoms with van der Waals surface area (Å²) in [4.78, 5) is 8.69. The third kappa shape index (κ3) is 3.49. The lowest BCUT2D eigenvalue weighted by Gasteiger charge is -2.06. The average molecular weight is 258 g/mol. The number of rotatable bonds is 5. The molecule has 0 radical (unpaired) electrons. The van der Waals surface area contributed by atoms with Crippen molar-refractivity contribution in [2.45, 2.75) is 6.42 Å². The standard InChI is InChI=1S/C13H14N4S/c14-13(18)11-4-1-5-12(17-11)16-8-6-10-3-2-7-15-9-10/h1-5,7,9H,6,8H2,(H2,14,18)(H,16,17). The minimum Gasteiger partial charge on any atom is -0.388 e. The number of aromatic nitrogens is 2. The Labute approximate surface area is 111 Å². The van der Waals surface area contributed by atoms with Gasteiger partial charge in [-0.2, -0.15) is 0 Å². The van der Waals surface area contributed by atoms with Gasteiger partial charge in [-0.05, 0) is 30.2 Å². The van der Waals surface area contributed by atoms with Gasteiger partial charge in [0.05, 0.1) is 5.69 Å². The lowest BCUT2D eigenvalue weighted by atomic mass is 10.2. The first kappa shape index (κ1) is 12.4. The molecule has 0 aromatic carbocycles. The molecule has 92 valence electrons. The minimum absolute atomic E-state index is 0.311. The minimum atomic E-state index is 0.311. The molecule has 2 aromatic rings. The van der Waals surface area contributed by atoms with Crippen molar-refractivity contribution in [1.29, 1.82) is 0 Å². The molecular weight excluding hydrogens is 244 g/mol. The summed E-state index contributed by atoms with van der Waals surface area (Å²) in [5, 5.41) is 3.23. The SMILES string of the molecule is NC(=S)c1cccc(NCCc2cccnc2)n1. The van der Waals surface area contributed by atoms with Gasteiger partial charge in [-0.3, -0.25) is 4.98 Å². The average Bonchev–Trinajstić information content (AvgIpc) is 2.40. The van der Waals surface area contributed by atoms with Crippen LogP contribution in [0.25, 0.3) is 0 Å². The van der Waals surface area contributed by atoms with Gasteiger partial charge >= 0.3 is 0 Å². The highest BCUT2D eigenvalue weighted by atomic mass is 32.1. The highest BCUT2D eigenvalue weighted by Crippen LogP contribution is 2.05. The van der Waals surface area contributed by atoms with Gasteiger partial charge in [-0.15, -0.1) is 0 Å². The lowest BCUT2D eigenvalue weighted by Crippen LogP contribution is -2.13. The van der Waals surface area contributed by atoms with E-state index in [4.69, 9.17) is 18.0 Å². The van der Waals surface area contributed by atoms with Gasteiger partial charge in [0.15, 0.2) is 0 Å². The number of hydrogen-bond donors (Lipinski definition) is 2. The second-order valence-corrected chi connectivity index (χ2v) is 4.25. The number of nitrogens with one attached hydrogen (secondary N) is 1. The lowest BCUT2D eigenvalue weighted by molar-refractivity contribution is 0.993. The Balaban J connectivity index is 1.90. The maximum Gasteiger partial charge on any atom is 0.126 e. The molecule has 2 rings (SSSR count). The van der Waals surface area contributed by atoms with Crippen LogP contribution in [0.15, 0.2) is 42.7 Å². The molecule has 0 unspecified atom stereocenters. The van der Waals surface area contributed by atoms with Crippen molar-refractivity contribution in [3.05, 3.63) is 54.0 Å². The van der Waals surface area contributed by atoms with Crippen molar-refractivity contribution in [3.8, 4) is 0 Å². The van der Waals surface area contributed by atoms with E-state index in [1.807, 2.05) is 30.5 Å². The van der Waals surface area contributed by atoms with Gasteiger partial charge < -0.3 is 11.1 Å². The second kappa shape index (κ2) is 6.07. The number of nitrogens with two attached hydrogens (primary N) is 1. The smallest absolute Gasteiger partial charge is 0.126 e. The Morgan fingerprint density at radius 3 is 2.89 bits per heavy atom. The molecular formula is C13H14N4S. The predicted molar refractivity (Wildman–Crippen MR) is 76.6 cm³/mol. The summed E-state index contributed by atoms with van der Waals surface area (Å²) >= 11 is 4.89. The van der Waals surface area contributed by atoms with Crippen LogP contribution < -0.4 is 11.1 Å². The first-order valence-corrected chi connectivity index (χ1v) is 6.06. The van der Waals surface area contributed by atoms with E-state index in [1.165, 1.54) is 5.56 Å². The maximum absolute atomic E-state index is 5.54. The van der Waals surface area contributed by atoms with Crippen LogP contribution in [-0.4, -0.2) is 21.5 Å². The molecule has 2 heterocycles. The Kier molecular flexibility index (Phi) is 4.20. The topological polar surface area (TPSA) is 63.8 Å². The number of hydrogen-bond acceptors (Lipinski definition) is 4. The zero-order valence-electron chi connectivity index (χ0n) is 9.84. The molecule has 0 aliphatic carbocycles. The Morgan fingerprint density at radius 2 is 2.17 bits per heavy atom. The van der Waals surface area contributed by atoms with Gasteiger partial charge in [0.25, 0.3) is 0 Å². The molecule has 5 heteroatoms. The van der Waals surface area contributed by atoms with Crippen molar-refractivity contribution in [3.63, 3.8) is 0 Å². The third-order valence-corrected chi connectivity index (χ3v) is 2.65. The number of pyridine rings is 2. The first-order valence-electron chi connectivity index (χ1n) is 5.65. The summed E-state index contributed by atoms with van der Waals surface area (Å²) in [5.41, 5.74) is 7.36. The van der Waals surface area contributed by atoms with Gasteiger partial charge in [-0.1, -0.05) is 24.4 Å². The van der Waals surface area contributed by atoms with Crippen molar-refractivity contribution in [1.82, 2.24) is 9.97 Å². The molecule has 4 nitrogen and oxygen atoms in total. The van der Waals surface area contributed by atoms with E-state index in [9.17, 15) is 0 Å². The van der Waals surface area contributed by atoms with Crippen molar-refractivity contribution >= 4 is 23.0 Å². The van der Waals surface area contributed by atoms with Crippen LogP contribution in [0.2, 0.25) is 0 Å². The van der Waals surface area contributed by atoms with Crippen LogP contribution in [0.3, 0.4) is 0 Å². The molecule has 0 spiro atoms. The third-order valence-electron chi connectivity index (χ3n) is 2.44. The van der Waals surface area contributed by atoms with Crippen LogP contribution in [0.5, 0.6) is 0 Å². The molecule has 0 atom stereocenters.